The maximum Gasteiger partial charge on any atom is 0.255 e. The highest BCUT2D eigenvalue weighted by Gasteiger charge is 2.14. The molecule has 4 aromatic rings. The number of amides is 1. The Morgan fingerprint density at radius 3 is 2.56 bits per heavy atom. The lowest BCUT2D eigenvalue weighted by molar-refractivity contribution is 0.0342. The van der Waals surface area contributed by atoms with Crippen LogP contribution >= 0.6 is 11.8 Å². The Bertz CT molecular complexity index is 1440. The summed E-state index contributed by atoms with van der Waals surface area (Å²) in [6, 6.07) is 16.3. The van der Waals surface area contributed by atoms with Gasteiger partial charge < -0.3 is 15.4 Å². The third-order valence-corrected chi connectivity index (χ3v) is 7.18. The van der Waals surface area contributed by atoms with Crippen molar-refractivity contribution >= 4 is 35.0 Å². The molecule has 10 heteroatoms. The van der Waals surface area contributed by atoms with Gasteiger partial charge in [-0.25, -0.2) is 15.0 Å². The standard InChI is InChI=1S/C29H29FN6O2S/c1-19-3-4-20(18-36-11-13-38-14-12-36)15-24(19)34-28(37)21-5-8-23(9-6-21)33-29-32-17-25(39-2)27(35-29)22-7-10-26(30)31-16-22/h3-10,15-17H,11-14,18H2,1-2H3,(H,34,37)(H,32,33,35). The Kier molecular flexibility index (Phi) is 8.45. The first kappa shape index (κ1) is 26.7. The quantitative estimate of drug-likeness (QED) is 0.221. The summed E-state index contributed by atoms with van der Waals surface area (Å²) < 4.78 is 18.7. The summed E-state index contributed by atoms with van der Waals surface area (Å²) in [7, 11) is 0. The summed E-state index contributed by atoms with van der Waals surface area (Å²) in [5, 5.41) is 6.23. The maximum absolute atomic E-state index is 13.3. The summed E-state index contributed by atoms with van der Waals surface area (Å²) in [4.78, 5) is 29.0. The minimum Gasteiger partial charge on any atom is -0.379 e. The molecule has 0 unspecified atom stereocenters. The predicted octanol–water partition coefficient (Wildman–Crippen LogP) is 5.54. The first-order valence-electron chi connectivity index (χ1n) is 12.6. The van der Waals surface area contributed by atoms with Crippen molar-refractivity contribution in [3.63, 3.8) is 0 Å². The minimum absolute atomic E-state index is 0.181. The number of rotatable bonds is 8. The van der Waals surface area contributed by atoms with Crippen LogP contribution in [0.1, 0.15) is 21.5 Å². The molecule has 1 amide bonds. The topological polar surface area (TPSA) is 92.3 Å². The van der Waals surface area contributed by atoms with Crippen molar-refractivity contribution in [2.75, 3.05) is 43.2 Å². The number of ether oxygens (including phenoxy) is 1. The van der Waals surface area contributed by atoms with Crippen LogP contribution in [0.4, 0.5) is 21.7 Å². The van der Waals surface area contributed by atoms with Gasteiger partial charge in [0, 0.05) is 54.5 Å². The van der Waals surface area contributed by atoms with Crippen LogP contribution in [0.2, 0.25) is 0 Å². The van der Waals surface area contributed by atoms with Crippen LogP contribution in [0.15, 0.2) is 71.9 Å². The second-order valence-electron chi connectivity index (χ2n) is 9.17. The van der Waals surface area contributed by atoms with E-state index >= 15 is 0 Å². The normalized spacial score (nSPS) is 13.7. The second kappa shape index (κ2) is 12.3. The van der Waals surface area contributed by atoms with Crippen molar-refractivity contribution in [3.8, 4) is 11.3 Å². The summed E-state index contributed by atoms with van der Waals surface area (Å²) >= 11 is 1.50. The van der Waals surface area contributed by atoms with Gasteiger partial charge in [0.1, 0.15) is 0 Å². The number of hydrogen-bond acceptors (Lipinski definition) is 8. The molecule has 0 aliphatic carbocycles. The molecule has 5 rings (SSSR count). The number of hydrogen-bond donors (Lipinski definition) is 2. The van der Waals surface area contributed by atoms with Crippen LogP contribution in [0, 0.1) is 12.9 Å². The fourth-order valence-electron chi connectivity index (χ4n) is 4.25. The van der Waals surface area contributed by atoms with Gasteiger partial charge in [-0.15, -0.1) is 11.8 Å². The number of pyridine rings is 1. The van der Waals surface area contributed by atoms with Crippen molar-refractivity contribution < 1.29 is 13.9 Å². The molecule has 1 fully saturated rings. The molecule has 2 aromatic carbocycles. The highest BCUT2D eigenvalue weighted by molar-refractivity contribution is 7.98. The zero-order valence-electron chi connectivity index (χ0n) is 21.8. The molecule has 200 valence electrons. The Hall–Kier alpha value is -3.86. The van der Waals surface area contributed by atoms with E-state index in [4.69, 9.17) is 4.74 Å². The van der Waals surface area contributed by atoms with Gasteiger partial charge in [-0.05, 0) is 66.8 Å². The minimum atomic E-state index is -0.545. The average Bonchev–Trinajstić information content (AvgIpc) is 2.96. The van der Waals surface area contributed by atoms with Gasteiger partial charge in [-0.1, -0.05) is 12.1 Å². The van der Waals surface area contributed by atoms with E-state index in [1.165, 1.54) is 24.0 Å². The van der Waals surface area contributed by atoms with E-state index < -0.39 is 5.95 Å². The molecule has 39 heavy (non-hydrogen) atoms. The van der Waals surface area contributed by atoms with E-state index in [2.05, 4.69) is 36.6 Å². The molecule has 0 saturated carbocycles. The molecule has 1 aliphatic rings. The Balaban J connectivity index is 1.26. The smallest absolute Gasteiger partial charge is 0.255 e. The molecule has 0 spiro atoms. The van der Waals surface area contributed by atoms with Gasteiger partial charge in [0.25, 0.3) is 5.91 Å². The third-order valence-electron chi connectivity index (χ3n) is 6.44. The van der Waals surface area contributed by atoms with Crippen LogP contribution in [0.5, 0.6) is 0 Å². The molecule has 0 radical (unpaired) electrons. The third kappa shape index (κ3) is 6.78. The van der Waals surface area contributed by atoms with Gasteiger partial charge in [0.05, 0.1) is 23.8 Å². The number of anilines is 3. The van der Waals surface area contributed by atoms with E-state index in [9.17, 15) is 9.18 Å². The van der Waals surface area contributed by atoms with E-state index in [-0.39, 0.29) is 5.91 Å². The number of thioether (sulfide) groups is 1. The molecule has 0 bridgehead atoms. The second-order valence-corrected chi connectivity index (χ2v) is 10.0. The van der Waals surface area contributed by atoms with Gasteiger partial charge in [0.2, 0.25) is 11.9 Å². The number of halogens is 1. The summed E-state index contributed by atoms with van der Waals surface area (Å²) in [6.45, 7) is 6.14. The van der Waals surface area contributed by atoms with Crippen molar-refractivity contribution in [1.82, 2.24) is 19.9 Å². The van der Waals surface area contributed by atoms with Crippen molar-refractivity contribution in [1.29, 1.82) is 0 Å². The largest absolute Gasteiger partial charge is 0.379 e. The van der Waals surface area contributed by atoms with Crippen molar-refractivity contribution in [2.24, 2.45) is 0 Å². The maximum atomic E-state index is 13.3. The molecule has 1 aliphatic heterocycles. The average molecular weight is 545 g/mol. The molecular weight excluding hydrogens is 515 g/mol. The number of aryl methyl sites for hydroxylation is 1. The first-order chi connectivity index (χ1) is 19.0. The molecule has 8 nitrogen and oxygen atoms in total. The molecular formula is C29H29FN6O2S. The van der Waals surface area contributed by atoms with Crippen LogP contribution in [0.25, 0.3) is 11.3 Å². The van der Waals surface area contributed by atoms with Crippen molar-refractivity contribution in [2.45, 2.75) is 18.4 Å². The highest BCUT2D eigenvalue weighted by Crippen LogP contribution is 2.29. The van der Waals surface area contributed by atoms with Gasteiger partial charge in [-0.2, -0.15) is 4.39 Å². The van der Waals surface area contributed by atoms with Gasteiger partial charge in [0.15, 0.2) is 0 Å². The van der Waals surface area contributed by atoms with Crippen LogP contribution in [0.3, 0.4) is 0 Å². The SMILES string of the molecule is CSc1cnc(Nc2ccc(C(=O)Nc3cc(CN4CCOCC4)ccc3C)cc2)nc1-c1ccc(F)nc1. The van der Waals surface area contributed by atoms with E-state index in [0.29, 0.717) is 22.8 Å². The number of benzene rings is 2. The number of morpholine rings is 1. The lowest BCUT2D eigenvalue weighted by Crippen LogP contribution is -2.35. The van der Waals surface area contributed by atoms with E-state index in [1.807, 2.05) is 37.4 Å². The Morgan fingerprint density at radius 2 is 1.85 bits per heavy atom. The van der Waals surface area contributed by atoms with Crippen LogP contribution < -0.4 is 10.6 Å². The highest BCUT2D eigenvalue weighted by atomic mass is 32.2. The predicted molar refractivity (Wildman–Crippen MR) is 152 cm³/mol. The molecule has 1 saturated heterocycles. The lowest BCUT2D eigenvalue weighted by atomic mass is 10.1. The van der Waals surface area contributed by atoms with E-state index in [0.717, 1.165) is 60.2 Å². The molecule has 2 aromatic heterocycles. The number of carbonyl (C=O) groups excluding carboxylic acids is 1. The van der Waals surface area contributed by atoms with E-state index in [1.54, 1.807) is 24.4 Å². The van der Waals surface area contributed by atoms with Crippen LogP contribution in [-0.4, -0.2) is 58.3 Å². The zero-order chi connectivity index (χ0) is 27.2. The lowest BCUT2D eigenvalue weighted by Gasteiger charge is -2.26. The summed E-state index contributed by atoms with van der Waals surface area (Å²) in [5.74, 6) is -0.339. The Morgan fingerprint density at radius 1 is 1.05 bits per heavy atom. The monoisotopic (exact) mass is 544 g/mol. The van der Waals surface area contributed by atoms with Gasteiger partial charge >= 0.3 is 0 Å². The van der Waals surface area contributed by atoms with Crippen molar-refractivity contribution in [3.05, 3.63) is 89.6 Å². The first-order valence-corrected chi connectivity index (χ1v) is 13.8. The van der Waals surface area contributed by atoms with Gasteiger partial charge in [-0.3, -0.25) is 9.69 Å². The number of aromatic nitrogens is 3. The number of nitrogens with one attached hydrogen (secondary N) is 2. The summed E-state index contributed by atoms with van der Waals surface area (Å²) in [5.41, 5.74) is 5.59. The molecule has 2 N–H and O–H groups in total. The fourth-order valence-corrected chi connectivity index (χ4v) is 4.77. The Labute approximate surface area is 231 Å². The molecule has 0 atom stereocenters. The number of nitrogens with zero attached hydrogens (tertiary/aromatic N) is 4. The summed E-state index contributed by atoms with van der Waals surface area (Å²) in [6.07, 6.45) is 5.10. The van der Waals surface area contributed by atoms with Crippen LogP contribution in [-0.2, 0) is 11.3 Å². The fraction of sp³-hybridized carbons (Fsp3) is 0.241. The zero-order valence-corrected chi connectivity index (χ0v) is 22.6. The molecule has 3 heterocycles. The number of carbonyl (C=O) groups is 1.